The molecule has 23 heavy (non-hydrogen) atoms. The van der Waals surface area contributed by atoms with Crippen LogP contribution in [0.1, 0.15) is 30.9 Å². The molecule has 7 heteroatoms. The van der Waals surface area contributed by atoms with E-state index in [-0.39, 0.29) is 11.6 Å². The van der Waals surface area contributed by atoms with Crippen molar-refractivity contribution in [3.63, 3.8) is 0 Å². The van der Waals surface area contributed by atoms with Crippen LogP contribution in [-0.2, 0) is 6.54 Å². The first kappa shape index (κ1) is 16.0. The van der Waals surface area contributed by atoms with Crippen molar-refractivity contribution in [2.75, 3.05) is 13.1 Å². The molecule has 0 aliphatic carbocycles. The number of aromatic nitrogens is 3. The topological polar surface area (TPSA) is 54.2 Å². The van der Waals surface area contributed by atoms with Gasteiger partial charge in [-0.1, -0.05) is 12.5 Å². The van der Waals surface area contributed by atoms with Crippen LogP contribution in [0.2, 0.25) is 0 Å². The summed E-state index contributed by atoms with van der Waals surface area (Å²) in [5.41, 5.74) is 0.136. The van der Waals surface area contributed by atoms with Crippen molar-refractivity contribution < 1.29 is 13.9 Å². The van der Waals surface area contributed by atoms with Gasteiger partial charge in [0.15, 0.2) is 0 Å². The van der Waals surface area contributed by atoms with Gasteiger partial charge in [0.05, 0.1) is 12.6 Å². The SMILES string of the molecule is O[C@@H](CN1CCCC[C@@H]1Cn1cncn1)c1ccc(F)cc1F. The molecule has 0 saturated carbocycles. The maximum absolute atomic E-state index is 13.8. The Morgan fingerprint density at radius 2 is 2.17 bits per heavy atom. The normalized spacial score (nSPS) is 20.6. The van der Waals surface area contributed by atoms with Gasteiger partial charge in [0, 0.05) is 24.2 Å². The largest absolute Gasteiger partial charge is 0.387 e. The fourth-order valence-electron chi connectivity index (χ4n) is 3.14. The van der Waals surface area contributed by atoms with E-state index >= 15 is 0 Å². The number of halogens is 2. The first-order chi connectivity index (χ1) is 11.1. The van der Waals surface area contributed by atoms with E-state index in [0.717, 1.165) is 31.9 Å². The van der Waals surface area contributed by atoms with Crippen LogP contribution in [0.5, 0.6) is 0 Å². The van der Waals surface area contributed by atoms with Crippen molar-refractivity contribution in [2.24, 2.45) is 0 Å². The molecule has 0 amide bonds. The highest BCUT2D eigenvalue weighted by molar-refractivity contribution is 5.21. The molecule has 1 saturated heterocycles. The van der Waals surface area contributed by atoms with Gasteiger partial charge in [0.25, 0.3) is 0 Å². The summed E-state index contributed by atoms with van der Waals surface area (Å²) in [4.78, 5) is 6.09. The maximum atomic E-state index is 13.8. The van der Waals surface area contributed by atoms with E-state index in [0.29, 0.717) is 13.1 Å². The van der Waals surface area contributed by atoms with Crippen LogP contribution in [0.4, 0.5) is 8.78 Å². The summed E-state index contributed by atoms with van der Waals surface area (Å²) in [6, 6.07) is 3.52. The van der Waals surface area contributed by atoms with Crippen LogP contribution < -0.4 is 0 Å². The first-order valence-corrected chi connectivity index (χ1v) is 7.83. The quantitative estimate of drug-likeness (QED) is 0.916. The van der Waals surface area contributed by atoms with Crippen molar-refractivity contribution in [1.29, 1.82) is 0 Å². The number of piperidine rings is 1. The van der Waals surface area contributed by atoms with Crippen LogP contribution in [0.3, 0.4) is 0 Å². The Bertz CT molecular complexity index is 635. The van der Waals surface area contributed by atoms with Crippen molar-refractivity contribution in [3.05, 3.63) is 48.1 Å². The van der Waals surface area contributed by atoms with Crippen molar-refractivity contribution in [3.8, 4) is 0 Å². The van der Waals surface area contributed by atoms with Gasteiger partial charge in [-0.05, 0) is 25.5 Å². The lowest BCUT2D eigenvalue weighted by Crippen LogP contribution is -2.44. The lowest BCUT2D eigenvalue weighted by molar-refractivity contribution is 0.0574. The summed E-state index contributed by atoms with van der Waals surface area (Å²) in [5, 5.41) is 14.5. The van der Waals surface area contributed by atoms with E-state index in [9.17, 15) is 13.9 Å². The van der Waals surface area contributed by atoms with Gasteiger partial charge in [-0.25, -0.2) is 13.8 Å². The molecule has 3 rings (SSSR count). The molecule has 0 unspecified atom stereocenters. The van der Waals surface area contributed by atoms with E-state index in [1.165, 1.54) is 18.5 Å². The molecule has 2 atom stereocenters. The summed E-state index contributed by atoms with van der Waals surface area (Å²) in [6.07, 6.45) is 5.35. The zero-order valence-electron chi connectivity index (χ0n) is 12.8. The molecule has 2 aromatic rings. The molecule has 0 spiro atoms. The smallest absolute Gasteiger partial charge is 0.137 e. The molecular weight excluding hydrogens is 302 g/mol. The highest BCUT2D eigenvalue weighted by Gasteiger charge is 2.26. The fourth-order valence-corrected chi connectivity index (χ4v) is 3.14. The highest BCUT2D eigenvalue weighted by atomic mass is 19.1. The summed E-state index contributed by atoms with van der Waals surface area (Å²) < 4.78 is 28.6. The minimum Gasteiger partial charge on any atom is -0.387 e. The standard InChI is InChI=1S/C16H20F2N4O/c17-12-4-5-14(15(18)7-12)16(23)9-21-6-2-1-3-13(21)8-22-11-19-10-20-22/h4-5,7,10-11,13,16,23H,1-3,6,8-9H2/t13-,16+/m1/s1. The molecule has 1 aromatic carbocycles. The van der Waals surface area contributed by atoms with Crippen LogP contribution in [0.15, 0.2) is 30.9 Å². The third kappa shape index (κ3) is 3.92. The van der Waals surface area contributed by atoms with Gasteiger partial charge >= 0.3 is 0 Å². The molecule has 1 aliphatic heterocycles. The molecule has 5 nitrogen and oxygen atoms in total. The van der Waals surface area contributed by atoms with Crippen molar-refractivity contribution >= 4 is 0 Å². The zero-order valence-corrected chi connectivity index (χ0v) is 12.8. The average molecular weight is 322 g/mol. The number of β-amino-alcohol motifs (C(OH)–C–C–N with tert-alkyl or cyclic N) is 1. The van der Waals surface area contributed by atoms with E-state index < -0.39 is 17.7 Å². The third-order valence-electron chi connectivity index (χ3n) is 4.34. The number of aliphatic hydroxyl groups excluding tert-OH is 1. The number of hydrogen-bond donors (Lipinski definition) is 1. The Labute approximate surface area is 133 Å². The Morgan fingerprint density at radius 1 is 1.30 bits per heavy atom. The van der Waals surface area contributed by atoms with E-state index in [4.69, 9.17) is 0 Å². The Balaban J connectivity index is 1.68. The predicted octanol–water partition coefficient (Wildman–Crippen LogP) is 2.14. The minimum atomic E-state index is -0.980. The molecular formula is C16H20F2N4O. The van der Waals surface area contributed by atoms with Gasteiger partial charge in [-0.2, -0.15) is 5.10 Å². The Morgan fingerprint density at radius 3 is 2.91 bits per heavy atom. The molecule has 0 bridgehead atoms. The number of aliphatic hydroxyl groups is 1. The highest BCUT2D eigenvalue weighted by Crippen LogP contribution is 2.24. The predicted molar refractivity (Wildman–Crippen MR) is 80.6 cm³/mol. The first-order valence-electron chi connectivity index (χ1n) is 7.83. The molecule has 124 valence electrons. The molecule has 0 radical (unpaired) electrons. The van der Waals surface area contributed by atoms with E-state index in [2.05, 4.69) is 15.0 Å². The van der Waals surface area contributed by atoms with Gasteiger partial charge < -0.3 is 5.11 Å². The average Bonchev–Trinajstić information content (AvgIpc) is 3.02. The Kier molecular flexibility index (Phi) is 4.97. The van der Waals surface area contributed by atoms with Gasteiger partial charge in [0.1, 0.15) is 24.3 Å². The van der Waals surface area contributed by atoms with Crippen molar-refractivity contribution in [2.45, 2.75) is 38.0 Å². The van der Waals surface area contributed by atoms with Gasteiger partial charge in [0.2, 0.25) is 0 Å². The van der Waals surface area contributed by atoms with Crippen LogP contribution in [0.25, 0.3) is 0 Å². The molecule has 1 aromatic heterocycles. The summed E-state index contributed by atoms with van der Waals surface area (Å²) in [7, 11) is 0. The van der Waals surface area contributed by atoms with Crippen molar-refractivity contribution in [1.82, 2.24) is 19.7 Å². The second-order valence-electron chi connectivity index (χ2n) is 5.94. The van der Waals surface area contributed by atoms with Gasteiger partial charge in [-0.15, -0.1) is 0 Å². The molecule has 1 N–H and O–H groups in total. The molecule has 1 fully saturated rings. The third-order valence-corrected chi connectivity index (χ3v) is 4.34. The number of rotatable bonds is 5. The van der Waals surface area contributed by atoms with E-state index in [1.807, 2.05) is 0 Å². The zero-order chi connectivity index (χ0) is 16.2. The lowest BCUT2D eigenvalue weighted by Gasteiger charge is -2.36. The fraction of sp³-hybridized carbons (Fsp3) is 0.500. The van der Waals surface area contributed by atoms with Crippen LogP contribution in [-0.4, -0.2) is 43.9 Å². The molecule has 2 heterocycles. The van der Waals surface area contributed by atoms with Crippen LogP contribution in [0, 0.1) is 11.6 Å². The summed E-state index contributed by atoms with van der Waals surface area (Å²) in [5.74, 6) is -1.34. The second-order valence-corrected chi connectivity index (χ2v) is 5.94. The minimum absolute atomic E-state index is 0.136. The Hall–Kier alpha value is -1.86. The second kappa shape index (κ2) is 7.14. The lowest BCUT2D eigenvalue weighted by atomic mass is 10.00. The number of hydrogen-bond acceptors (Lipinski definition) is 4. The maximum Gasteiger partial charge on any atom is 0.137 e. The summed E-state index contributed by atoms with van der Waals surface area (Å²) in [6.45, 7) is 1.86. The molecule has 1 aliphatic rings. The van der Waals surface area contributed by atoms with Crippen LogP contribution >= 0.6 is 0 Å². The van der Waals surface area contributed by atoms with Gasteiger partial charge in [-0.3, -0.25) is 9.58 Å². The monoisotopic (exact) mass is 322 g/mol. The van der Waals surface area contributed by atoms with E-state index in [1.54, 1.807) is 11.0 Å². The summed E-state index contributed by atoms with van der Waals surface area (Å²) >= 11 is 0. The number of benzene rings is 1. The number of nitrogens with zero attached hydrogens (tertiary/aromatic N) is 4. The number of likely N-dealkylation sites (tertiary alicyclic amines) is 1.